The van der Waals surface area contributed by atoms with Gasteiger partial charge in [-0.2, -0.15) is 4.31 Å². The predicted octanol–water partition coefficient (Wildman–Crippen LogP) is 1.69. The fraction of sp³-hybridized carbons (Fsp3) is 0.611. The Balaban J connectivity index is 1.78. The molecular weight excluding hydrogens is 384 g/mol. The van der Waals surface area contributed by atoms with Gasteiger partial charge in [-0.05, 0) is 25.0 Å². The van der Waals surface area contributed by atoms with Crippen molar-refractivity contribution in [2.45, 2.75) is 25.7 Å². The highest BCUT2D eigenvalue weighted by Crippen LogP contribution is 2.31. The molecule has 0 saturated carbocycles. The lowest BCUT2D eigenvalue weighted by Crippen LogP contribution is -2.50. The molecule has 1 aromatic rings. The Morgan fingerprint density at radius 2 is 1.61 bits per heavy atom. The smallest absolute Gasteiger partial charge is 0.293 e. The van der Waals surface area contributed by atoms with E-state index in [0.29, 0.717) is 5.69 Å². The summed E-state index contributed by atoms with van der Waals surface area (Å²) in [5.74, 6) is -0.307. The molecule has 2 saturated heterocycles. The summed E-state index contributed by atoms with van der Waals surface area (Å²) in [7, 11) is -3.28. The van der Waals surface area contributed by atoms with Gasteiger partial charge in [-0.1, -0.05) is 12.8 Å². The number of anilines is 1. The fourth-order valence-corrected chi connectivity index (χ4v) is 4.61. The second-order valence-corrected chi connectivity index (χ2v) is 9.30. The number of carbonyl (C=O) groups is 1. The Morgan fingerprint density at radius 3 is 2.14 bits per heavy atom. The molecule has 10 heteroatoms. The number of nitro benzene ring substituents is 1. The van der Waals surface area contributed by atoms with E-state index in [4.69, 9.17) is 0 Å². The van der Waals surface area contributed by atoms with Crippen molar-refractivity contribution in [3.8, 4) is 0 Å². The monoisotopic (exact) mass is 410 g/mol. The summed E-state index contributed by atoms with van der Waals surface area (Å²) in [5, 5.41) is 11.6. The van der Waals surface area contributed by atoms with Gasteiger partial charge in [0, 0.05) is 50.9 Å². The Bertz CT molecular complexity index is 842. The van der Waals surface area contributed by atoms with Crippen LogP contribution in [-0.4, -0.2) is 74.0 Å². The Kier molecular flexibility index (Phi) is 6.19. The van der Waals surface area contributed by atoms with E-state index in [-0.39, 0.29) is 43.3 Å². The first-order valence-corrected chi connectivity index (χ1v) is 11.4. The first kappa shape index (κ1) is 20.5. The molecule has 154 valence electrons. The highest BCUT2D eigenvalue weighted by molar-refractivity contribution is 7.88. The molecule has 0 bridgehead atoms. The van der Waals surface area contributed by atoms with Crippen molar-refractivity contribution in [3.05, 3.63) is 33.9 Å². The van der Waals surface area contributed by atoms with Gasteiger partial charge < -0.3 is 9.80 Å². The molecular formula is C18H26N4O5S. The van der Waals surface area contributed by atoms with Gasteiger partial charge in [-0.15, -0.1) is 0 Å². The summed E-state index contributed by atoms with van der Waals surface area (Å²) in [6, 6.07) is 4.66. The zero-order chi connectivity index (χ0) is 20.3. The van der Waals surface area contributed by atoms with Gasteiger partial charge in [-0.25, -0.2) is 8.42 Å². The summed E-state index contributed by atoms with van der Waals surface area (Å²) in [6.45, 7) is 2.57. The predicted molar refractivity (Wildman–Crippen MR) is 106 cm³/mol. The van der Waals surface area contributed by atoms with E-state index in [1.54, 1.807) is 17.0 Å². The summed E-state index contributed by atoms with van der Waals surface area (Å²) in [4.78, 5) is 27.6. The molecule has 3 rings (SSSR count). The molecule has 2 heterocycles. The number of benzene rings is 1. The number of rotatable bonds is 4. The number of amides is 1. The fourth-order valence-electron chi connectivity index (χ4n) is 3.79. The molecule has 0 aliphatic carbocycles. The maximum Gasteiger partial charge on any atom is 0.293 e. The highest BCUT2D eigenvalue weighted by atomic mass is 32.2. The minimum atomic E-state index is -3.28. The van der Waals surface area contributed by atoms with Crippen molar-refractivity contribution in [3.63, 3.8) is 0 Å². The van der Waals surface area contributed by atoms with E-state index in [0.717, 1.165) is 45.0 Å². The Labute approximate surface area is 165 Å². The third kappa shape index (κ3) is 4.61. The molecule has 0 N–H and O–H groups in total. The van der Waals surface area contributed by atoms with Gasteiger partial charge in [0.05, 0.1) is 11.2 Å². The van der Waals surface area contributed by atoms with Crippen LogP contribution in [0.4, 0.5) is 11.4 Å². The minimum absolute atomic E-state index is 0.0532. The Hall–Kier alpha value is -2.20. The number of hydrogen-bond donors (Lipinski definition) is 0. The van der Waals surface area contributed by atoms with Crippen LogP contribution in [0.25, 0.3) is 0 Å². The van der Waals surface area contributed by atoms with E-state index in [1.165, 1.54) is 10.4 Å². The molecule has 2 aliphatic heterocycles. The molecule has 2 fully saturated rings. The van der Waals surface area contributed by atoms with Gasteiger partial charge >= 0.3 is 0 Å². The largest absolute Gasteiger partial charge is 0.366 e. The van der Waals surface area contributed by atoms with Gasteiger partial charge in [0.1, 0.15) is 5.69 Å². The van der Waals surface area contributed by atoms with Crippen LogP contribution in [0.15, 0.2) is 18.2 Å². The van der Waals surface area contributed by atoms with Gasteiger partial charge in [0.2, 0.25) is 10.0 Å². The molecule has 0 radical (unpaired) electrons. The Morgan fingerprint density at radius 1 is 1.00 bits per heavy atom. The minimum Gasteiger partial charge on any atom is -0.366 e. The average Bonchev–Trinajstić information content (AvgIpc) is 2.95. The third-order valence-electron chi connectivity index (χ3n) is 5.36. The van der Waals surface area contributed by atoms with Crippen molar-refractivity contribution in [1.29, 1.82) is 0 Å². The lowest BCUT2D eigenvalue weighted by Gasteiger charge is -2.33. The van der Waals surface area contributed by atoms with E-state index in [9.17, 15) is 23.3 Å². The molecule has 0 spiro atoms. The van der Waals surface area contributed by atoms with E-state index in [1.807, 2.05) is 4.90 Å². The van der Waals surface area contributed by atoms with Crippen LogP contribution in [0.5, 0.6) is 0 Å². The average molecular weight is 410 g/mol. The zero-order valence-electron chi connectivity index (χ0n) is 16.0. The molecule has 0 aromatic heterocycles. The van der Waals surface area contributed by atoms with Crippen LogP contribution in [0.3, 0.4) is 0 Å². The van der Waals surface area contributed by atoms with Crippen LogP contribution in [0.1, 0.15) is 36.0 Å². The van der Waals surface area contributed by atoms with Crippen LogP contribution in [-0.2, 0) is 10.0 Å². The SMILES string of the molecule is CS(=O)(=O)N1CCN(C(=O)c2ccc(N3CCCCCC3)c([N+](=O)[O-])c2)CC1. The van der Waals surface area contributed by atoms with Gasteiger partial charge in [0.15, 0.2) is 0 Å². The second kappa shape index (κ2) is 8.44. The maximum atomic E-state index is 12.8. The molecule has 9 nitrogen and oxygen atoms in total. The maximum absolute atomic E-state index is 12.8. The van der Waals surface area contributed by atoms with Crippen molar-refractivity contribution in [2.75, 3.05) is 50.4 Å². The van der Waals surface area contributed by atoms with Crippen molar-refractivity contribution >= 4 is 27.3 Å². The zero-order valence-corrected chi connectivity index (χ0v) is 16.9. The first-order chi connectivity index (χ1) is 13.3. The summed E-state index contributed by atoms with van der Waals surface area (Å²) in [6.07, 6.45) is 5.40. The number of carbonyl (C=O) groups excluding carboxylic acids is 1. The number of piperazine rings is 1. The summed E-state index contributed by atoms with van der Waals surface area (Å²) in [5.41, 5.74) is 0.769. The number of hydrogen-bond acceptors (Lipinski definition) is 6. The quantitative estimate of drug-likeness (QED) is 0.553. The topological polar surface area (TPSA) is 104 Å². The molecule has 2 aliphatic rings. The lowest BCUT2D eigenvalue weighted by molar-refractivity contribution is -0.384. The normalized spacial score (nSPS) is 19.3. The number of nitrogens with zero attached hydrogens (tertiary/aromatic N) is 4. The molecule has 1 amide bonds. The number of nitro groups is 1. The highest BCUT2D eigenvalue weighted by Gasteiger charge is 2.28. The molecule has 0 atom stereocenters. The van der Waals surface area contributed by atoms with E-state index >= 15 is 0 Å². The van der Waals surface area contributed by atoms with Crippen LogP contribution >= 0.6 is 0 Å². The first-order valence-electron chi connectivity index (χ1n) is 9.55. The van der Waals surface area contributed by atoms with Gasteiger partial charge in [-0.3, -0.25) is 14.9 Å². The molecule has 28 heavy (non-hydrogen) atoms. The summed E-state index contributed by atoms with van der Waals surface area (Å²) >= 11 is 0. The van der Waals surface area contributed by atoms with E-state index in [2.05, 4.69) is 0 Å². The van der Waals surface area contributed by atoms with E-state index < -0.39 is 14.9 Å². The second-order valence-electron chi connectivity index (χ2n) is 7.32. The molecule has 0 unspecified atom stereocenters. The van der Waals surface area contributed by atoms with Crippen molar-refractivity contribution < 1.29 is 18.1 Å². The van der Waals surface area contributed by atoms with Crippen LogP contribution < -0.4 is 4.90 Å². The lowest BCUT2D eigenvalue weighted by atomic mass is 10.1. The number of sulfonamides is 1. The molecule has 1 aromatic carbocycles. The third-order valence-corrected chi connectivity index (χ3v) is 6.66. The van der Waals surface area contributed by atoms with Crippen LogP contribution in [0.2, 0.25) is 0 Å². The van der Waals surface area contributed by atoms with Crippen molar-refractivity contribution in [1.82, 2.24) is 9.21 Å². The summed E-state index contributed by atoms with van der Waals surface area (Å²) < 4.78 is 24.6. The van der Waals surface area contributed by atoms with Crippen molar-refractivity contribution in [2.24, 2.45) is 0 Å². The standard InChI is InChI=1S/C18H26N4O5S/c1-28(26,27)21-12-10-20(11-13-21)18(23)15-6-7-16(17(14-15)22(24)25)19-8-4-2-3-5-9-19/h6-7,14H,2-5,8-13H2,1H3. The van der Waals surface area contributed by atoms with Crippen LogP contribution in [0, 0.1) is 10.1 Å². The van der Waals surface area contributed by atoms with Gasteiger partial charge in [0.25, 0.3) is 11.6 Å².